The highest BCUT2D eigenvalue weighted by Crippen LogP contribution is 2.27. The lowest BCUT2D eigenvalue weighted by molar-refractivity contribution is 0.0719. The van der Waals surface area contributed by atoms with Gasteiger partial charge in [-0.3, -0.25) is 4.79 Å². The molecule has 1 aromatic rings. The zero-order chi connectivity index (χ0) is 13.1. The predicted molar refractivity (Wildman–Crippen MR) is 65.7 cm³/mol. The van der Waals surface area contributed by atoms with Crippen LogP contribution in [0.4, 0.5) is 0 Å². The minimum Gasteiger partial charge on any atom is -0.507 e. The van der Waals surface area contributed by atoms with Crippen LogP contribution in [0.15, 0.2) is 18.2 Å². The van der Waals surface area contributed by atoms with Crippen molar-refractivity contribution in [1.29, 1.82) is 0 Å². The molecule has 3 N–H and O–H groups in total. The largest absolute Gasteiger partial charge is 0.507 e. The van der Waals surface area contributed by atoms with E-state index in [0.29, 0.717) is 0 Å². The molecule has 0 aromatic heterocycles. The molecule has 1 fully saturated rings. The molecule has 0 spiro atoms. The predicted octanol–water partition coefficient (Wildman–Crippen LogP) is 1.40. The summed E-state index contributed by atoms with van der Waals surface area (Å²) in [5, 5.41) is 22.0. The van der Waals surface area contributed by atoms with Gasteiger partial charge in [-0.1, -0.05) is 6.07 Å². The van der Waals surface area contributed by atoms with E-state index in [-0.39, 0.29) is 29.2 Å². The van der Waals surface area contributed by atoms with Crippen molar-refractivity contribution < 1.29 is 19.7 Å². The zero-order valence-electron chi connectivity index (χ0n) is 10.2. The van der Waals surface area contributed by atoms with Gasteiger partial charge in [0, 0.05) is 7.11 Å². The minimum absolute atomic E-state index is 0.00180. The first kappa shape index (κ1) is 12.7. The summed E-state index contributed by atoms with van der Waals surface area (Å²) in [6.45, 7) is 0. The summed E-state index contributed by atoms with van der Waals surface area (Å²) >= 11 is 0. The number of phenolic OH excluding ortho intramolecular Hbond substituents is 2. The standard InChI is InChI=1S/C13H17NO4/c1-18-11-7-2-4-8(11)14-13(17)12-9(15)5-3-6-10(12)16/h3,5-6,8,11,15-16H,2,4,7H2,1H3,(H,14,17). The van der Waals surface area contributed by atoms with Crippen LogP contribution in [0.25, 0.3) is 0 Å². The Balaban J connectivity index is 2.12. The molecule has 1 amide bonds. The molecule has 0 saturated heterocycles. The minimum atomic E-state index is -0.473. The Morgan fingerprint density at radius 3 is 2.61 bits per heavy atom. The van der Waals surface area contributed by atoms with Crippen molar-refractivity contribution in [2.24, 2.45) is 0 Å². The lowest BCUT2D eigenvalue weighted by atomic mass is 10.1. The van der Waals surface area contributed by atoms with Crippen LogP contribution >= 0.6 is 0 Å². The smallest absolute Gasteiger partial charge is 0.259 e. The molecule has 18 heavy (non-hydrogen) atoms. The van der Waals surface area contributed by atoms with Crippen molar-refractivity contribution >= 4 is 5.91 Å². The number of nitrogens with one attached hydrogen (secondary N) is 1. The van der Waals surface area contributed by atoms with E-state index in [2.05, 4.69) is 5.32 Å². The summed E-state index contributed by atoms with van der Waals surface area (Å²) in [6, 6.07) is 4.16. The fraction of sp³-hybridized carbons (Fsp3) is 0.462. The van der Waals surface area contributed by atoms with Gasteiger partial charge >= 0.3 is 0 Å². The van der Waals surface area contributed by atoms with Gasteiger partial charge in [0.15, 0.2) is 0 Å². The molecular formula is C13H17NO4. The summed E-state index contributed by atoms with van der Waals surface area (Å²) in [5.74, 6) is -0.918. The second-order valence-electron chi connectivity index (χ2n) is 4.46. The molecule has 1 aliphatic carbocycles. The molecule has 0 aliphatic heterocycles. The molecule has 0 radical (unpaired) electrons. The van der Waals surface area contributed by atoms with Crippen molar-refractivity contribution in [3.63, 3.8) is 0 Å². The topological polar surface area (TPSA) is 78.8 Å². The van der Waals surface area contributed by atoms with Gasteiger partial charge in [-0.25, -0.2) is 0 Å². The summed E-state index contributed by atoms with van der Waals surface area (Å²) in [7, 11) is 1.62. The Hall–Kier alpha value is -1.75. The lowest BCUT2D eigenvalue weighted by Gasteiger charge is -2.20. The number of phenols is 2. The number of benzene rings is 1. The average Bonchev–Trinajstić information content (AvgIpc) is 2.76. The van der Waals surface area contributed by atoms with E-state index >= 15 is 0 Å². The molecule has 0 bridgehead atoms. The number of amides is 1. The van der Waals surface area contributed by atoms with Crippen LogP contribution in [0.3, 0.4) is 0 Å². The van der Waals surface area contributed by atoms with Crippen LogP contribution < -0.4 is 5.32 Å². The third-order valence-corrected chi connectivity index (χ3v) is 3.32. The van der Waals surface area contributed by atoms with Crippen LogP contribution in [-0.2, 0) is 4.74 Å². The molecule has 2 atom stereocenters. The average molecular weight is 251 g/mol. The Labute approximate surface area is 105 Å². The van der Waals surface area contributed by atoms with E-state index in [1.165, 1.54) is 18.2 Å². The number of carbonyl (C=O) groups is 1. The van der Waals surface area contributed by atoms with Gasteiger partial charge in [0.25, 0.3) is 5.91 Å². The van der Waals surface area contributed by atoms with Crippen LogP contribution in [-0.4, -0.2) is 35.4 Å². The highest BCUT2D eigenvalue weighted by atomic mass is 16.5. The van der Waals surface area contributed by atoms with Gasteiger partial charge < -0.3 is 20.3 Å². The van der Waals surface area contributed by atoms with E-state index in [9.17, 15) is 15.0 Å². The number of ether oxygens (including phenoxy) is 1. The third kappa shape index (κ3) is 2.41. The molecule has 1 saturated carbocycles. The highest BCUT2D eigenvalue weighted by molar-refractivity contribution is 5.99. The number of hydrogen-bond acceptors (Lipinski definition) is 4. The normalized spacial score (nSPS) is 22.9. The molecule has 1 aliphatic rings. The molecule has 5 heteroatoms. The summed E-state index contributed by atoms with van der Waals surface area (Å²) in [6.07, 6.45) is 2.75. The highest BCUT2D eigenvalue weighted by Gasteiger charge is 2.29. The van der Waals surface area contributed by atoms with Crippen molar-refractivity contribution in [3.8, 4) is 11.5 Å². The van der Waals surface area contributed by atoms with E-state index in [1.807, 2.05) is 0 Å². The Morgan fingerprint density at radius 2 is 2.00 bits per heavy atom. The lowest BCUT2D eigenvalue weighted by Crippen LogP contribution is -2.40. The number of carbonyl (C=O) groups excluding carboxylic acids is 1. The molecular weight excluding hydrogens is 234 g/mol. The van der Waals surface area contributed by atoms with E-state index in [0.717, 1.165) is 19.3 Å². The first-order chi connectivity index (χ1) is 8.63. The number of aromatic hydroxyl groups is 2. The van der Waals surface area contributed by atoms with Crippen LogP contribution in [0.1, 0.15) is 29.6 Å². The Bertz CT molecular complexity index is 426. The van der Waals surface area contributed by atoms with Crippen LogP contribution in [0.5, 0.6) is 11.5 Å². The molecule has 0 heterocycles. The van der Waals surface area contributed by atoms with Crippen LogP contribution in [0, 0.1) is 0 Å². The summed E-state index contributed by atoms with van der Waals surface area (Å²) in [5.41, 5.74) is -0.0840. The second kappa shape index (κ2) is 5.27. The number of methoxy groups -OCH3 is 1. The Kier molecular flexibility index (Phi) is 3.72. The first-order valence-electron chi connectivity index (χ1n) is 5.98. The van der Waals surface area contributed by atoms with Crippen molar-refractivity contribution in [2.45, 2.75) is 31.4 Å². The van der Waals surface area contributed by atoms with E-state index in [4.69, 9.17) is 4.74 Å². The fourth-order valence-corrected chi connectivity index (χ4v) is 2.37. The SMILES string of the molecule is COC1CCCC1NC(=O)c1c(O)cccc1O. The van der Waals surface area contributed by atoms with Gasteiger partial charge in [-0.15, -0.1) is 0 Å². The second-order valence-corrected chi connectivity index (χ2v) is 4.46. The van der Waals surface area contributed by atoms with Crippen LogP contribution in [0.2, 0.25) is 0 Å². The van der Waals surface area contributed by atoms with Gasteiger partial charge in [-0.05, 0) is 31.4 Å². The van der Waals surface area contributed by atoms with Crippen molar-refractivity contribution in [3.05, 3.63) is 23.8 Å². The maximum atomic E-state index is 12.0. The number of hydrogen-bond donors (Lipinski definition) is 3. The molecule has 2 unspecified atom stereocenters. The summed E-state index contributed by atoms with van der Waals surface area (Å²) in [4.78, 5) is 12.0. The Morgan fingerprint density at radius 1 is 1.33 bits per heavy atom. The first-order valence-corrected chi connectivity index (χ1v) is 5.98. The maximum absolute atomic E-state index is 12.0. The van der Waals surface area contributed by atoms with Crippen molar-refractivity contribution in [1.82, 2.24) is 5.32 Å². The maximum Gasteiger partial charge on any atom is 0.259 e. The quantitative estimate of drug-likeness (QED) is 0.758. The fourth-order valence-electron chi connectivity index (χ4n) is 2.37. The zero-order valence-corrected chi connectivity index (χ0v) is 10.2. The molecule has 5 nitrogen and oxygen atoms in total. The molecule has 2 rings (SSSR count). The van der Waals surface area contributed by atoms with Gasteiger partial charge in [0.1, 0.15) is 17.1 Å². The van der Waals surface area contributed by atoms with E-state index in [1.54, 1.807) is 7.11 Å². The number of rotatable bonds is 3. The summed E-state index contributed by atoms with van der Waals surface area (Å²) < 4.78 is 5.28. The van der Waals surface area contributed by atoms with E-state index < -0.39 is 5.91 Å². The van der Waals surface area contributed by atoms with Gasteiger partial charge in [0.2, 0.25) is 0 Å². The monoisotopic (exact) mass is 251 g/mol. The van der Waals surface area contributed by atoms with Gasteiger partial charge in [0.05, 0.1) is 12.1 Å². The van der Waals surface area contributed by atoms with Crippen molar-refractivity contribution in [2.75, 3.05) is 7.11 Å². The van der Waals surface area contributed by atoms with Gasteiger partial charge in [-0.2, -0.15) is 0 Å². The third-order valence-electron chi connectivity index (χ3n) is 3.32. The molecule has 1 aromatic carbocycles. The molecule has 98 valence electrons.